The average Bonchev–Trinajstić information content (AvgIpc) is 3.25. The van der Waals surface area contributed by atoms with Gasteiger partial charge in [-0.05, 0) is 48.9 Å². The Morgan fingerprint density at radius 1 is 1.21 bits per heavy atom. The van der Waals surface area contributed by atoms with Crippen LogP contribution in [0.4, 0.5) is 5.69 Å². The van der Waals surface area contributed by atoms with E-state index in [9.17, 15) is 4.79 Å². The monoisotopic (exact) mass is 442 g/mol. The summed E-state index contributed by atoms with van der Waals surface area (Å²) in [5, 5.41) is 8.27. The Morgan fingerprint density at radius 2 is 2.12 bits per heavy atom. The van der Waals surface area contributed by atoms with Gasteiger partial charge < -0.3 is 10.1 Å². The molecule has 0 spiro atoms. The Bertz CT molecular complexity index is 1300. The number of nitrogens with zero attached hydrogens (tertiary/aromatic N) is 5. The van der Waals surface area contributed by atoms with Crippen molar-refractivity contribution in [2.24, 2.45) is 7.05 Å². The molecule has 0 aliphatic carbocycles. The summed E-state index contributed by atoms with van der Waals surface area (Å²) >= 11 is 0. The van der Waals surface area contributed by atoms with Gasteiger partial charge in [-0.15, -0.1) is 0 Å². The zero-order valence-corrected chi connectivity index (χ0v) is 18.7. The predicted octanol–water partition coefficient (Wildman–Crippen LogP) is 3.35. The molecule has 4 aromatic rings. The first-order chi connectivity index (χ1) is 16.0. The van der Waals surface area contributed by atoms with E-state index in [0.717, 1.165) is 39.1 Å². The van der Waals surface area contributed by atoms with E-state index >= 15 is 0 Å². The minimum atomic E-state index is -0.186. The SMILES string of the molecule is Cc1cc(-c2cnn(C)c2)cc(C2CN(CC(=O)Nc3ccc4ncccc4c3)CCO2)n1. The third kappa shape index (κ3) is 4.92. The molecule has 4 heterocycles. The zero-order valence-electron chi connectivity index (χ0n) is 18.7. The summed E-state index contributed by atoms with van der Waals surface area (Å²) in [6.07, 6.45) is 5.41. The number of hydrogen-bond acceptors (Lipinski definition) is 6. The van der Waals surface area contributed by atoms with Gasteiger partial charge in [0.15, 0.2) is 0 Å². The summed E-state index contributed by atoms with van der Waals surface area (Å²) in [6.45, 7) is 4.14. The molecule has 1 N–H and O–H groups in total. The van der Waals surface area contributed by atoms with Crippen LogP contribution in [0.25, 0.3) is 22.0 Å². The molecule has 8 nitrogen and oxygen atoms in total. The topological polar surface area (TPSA) is 85.2 Å². The van der Waals surface area contributed by atoms with E-state index < -0.39 is 0 Å². The molecule has 1 amide bonds. The van der Waals surface area contributed by atoms with E-state index in [1.807, 2.05) is 62.8 Å². The standard InChI is InChI=1S/C25H26N6O2/c1-17-10-19(20-13-27-30(2)14-20)12-23(28-17)24-15-31(8-9-33-24)16-25(32)29-21-5-6-22-18(11-21)4-3-7-26-22/h3-7,10-14,24H,8-9,15-16H2,1-2H3,(H,29,32). The largest absolute Gasteiger partial charge is 0.369 e. The van der Waals surface area contributed by atoms with E-state index in [4.69, 9.17) is 9.72 Å². The van der Waals surface area contributed by atoms with Crippen LogP contribution in [0.1, 0.15) is 17.5 Å². The maximum absolute atomic E-state index is 12.7. The second kappa shape index (κ2) is 9.09. The number of benzene rings is 1. The molecular formula is C25H26N6O2. The van der Waals surface area contributed by atoms with Crippen LogP contribution in [-0.2, 0) is 16.6 Å². The number of rotatable bonds is 5. The minimum Gasteiger partial charge on any atom is -0.369 e. The summed E-state index contributed by atoms with van der Waals surface area (Å²) in [5.74, 6) is -0.0489. The maximum atomic E-state index is 12.7. The fourth-order valence-electron chi connectivity index (χ4n) is 4.18. The van der Waals surface area contributed by atoms with Crippen molar-refractivity contribution in [2.45, 2.75) is 13.0 Å². The van der Waals surface area contributed by atoms with Gasteiger partial charge in [-0.25, -0.2) is 0 Å². The summed E-state index contributed by atoms with van der Waals surface area (Å²) < 4.78 is 7.82. The summed E-state index contributed by atoms with van der Waals surface area (Å²) in [4.78, 5) is 23.9. The van der Waals surface area contributed by atoms with Gasteiger partial charge in [0.2, 0.25) is 5.91 Å². The van der Waals surface area contributed by atoms with Crippen LogP contribution >= 0.6 is 0 Å². The maximum Gasteiger partial charge on any atom is 0.238 e. The van der Waals surface area contributed by atoms with Gasteiger partial charge >= 0.3 is 0 Å². The first kappa shape index (κ1) is 21.2. The van der Waals surface area contributed by atoms with Crippen molar-refractivity contribution in [2.75, 3.05) is 31.6 Å². The van der Waals surface area contributed by atoms with Crippen molar-refractivity contribution in [3.8, 4) is 11.1 Å². The van der Waals surface area contributed by atoms with Gasteiger partial charge in [-0.2, -0.15) is 5.10 Å². The lowest BCUT2D eigenvalue weighted by atomic mass is 10.1. The van der Waals surface area contributed by atoms with Crippen molar-refractivity contribution >= 4 is 22.5 Å². The number of anilines is 1. The lowest BCUT2D eigenvalue weighted by Gasteiger charge is -2.32. The van der Waals surface area contributed by atoms with Crippen LogP contribution in [0.3, 0.4) is 0 Å². The number of amides is 1. The Balaban J connectivity index is 1.26. The van der Waals surface area contributed by atoms with Crippen LogP contribution in [0.2, 0.25) is 0 Å². The number of morpholine rings is 1. The molecule has 5 rings (SSSR count). The van der Waals surface area contributed by atoms with Gasteiger partial charge in [-0.3, -0.25) is 24.3 Å². The van der Waals surface area contributed by atoms with Gasteiger partial charge in [0.05, 0.1) is 30.6 Å². The van der Waals surface area contributed by atoms with Gasteiger partial charge in [-0.1, -0.05) is 6.07 Å². The number of ether oxygens (including phenoxy) is 1. The van der Waals surface area contributed by atoms with E-state index in [2.05, 4.69) is 26.4 Å². The molecule has 1 fully saturated rings. The number of fused-ring (bicyclic) bond motifs is 1. The van der Waals surface area contributed by atoms with E-state index in [0.29, 0.717) is 26.2 Å². The highest BCUT2D eigenvalue weighted by Gasteiger charge is 2.25. The second-order valence-corrected chi connectivity index (χ2v) is 8.38. The summed E-state index contributed by atoms with van der Waals surface area (Å²) in [5.41, 5.74) is 5.59. The van der Waals surface area contributed by atoms with Gasteiger partial charge in [0.25, 0.3) is 0 Å². The fourth-order valence-corrected chi connectivity index (χ4v) is 4.18. The second-order valence-electron chi connectivity index (χ2n) is 8.38. The highest BCUT2D eigenvalue weighted by atomic mass is 16.5. The Morgan fingerprint density at radius 3 is 2.97 bits per heavy atom. The van der Waals surface area contributed by atoms with Crippen molar-refractivity contribution < 1.29 is 9.53 Å². The number of pyridine rings is 2. The zero-order chi connectivity index (χ0) is 22.8. The normalized spacial score (nSPS) is 16.7. The predicted molar refractivity (Wildman–Crippen MR) is 127 cm³/mol. The Labute approximate surface area is 192 Å². The third-order valence-corrected chi connectivity index (χ3v) is 5.75. The number of nitrogens with one attached hydrogen (secondary N) is 1. The fraction of sp³-hybridized carbons (Fsp3) is 0.280. The Kier molecular flexibility index (Phi) is 5.85. The van der Waals surface area contributed by atoms with Gasteiger partial charge in [0.1, 0.15) is 6.10 Å². The van der Waals surface area contributed by atoms with E-state index in [-0.39, 0.29) is 12.0 Å². The summed E-state index contributed by atoms with van der Waals surface area (Å²) in [6, 6.07) is 13.7. The number of carbonyl (C=O) groups is 1. The van der Waals surface area contributed by atoms with E-state index in [1.165, 1.54) is 0 Å². The first-order valence-electron chi connectivity index (χ1n) is 11.0. The van der Waals surface area contributed by atoms with Crippen LogP contribution in [0.15, 0.2) is 61.1 Å². The number of hydrogen-bond donors (Lipinski definition) is 1. The molecule has 0 bridgehead atoms. The van der Waals surface area contributed by atoms with Crippen LogP contribution in [-0.4, -0.2) is 56.8 Å². The van der Waals surface area contributed by atoms with Crippen molar-refractivity contribution in [1.82, 2.24) is 24.6 Å². The van der Waals surface area contributed by atoms with Crippen molar-refractivity contribution in [1.29, 1.82) is 0 Å². The number of aryl methyl sites for hydroxylation is 2. The Hall–Kier alpha value is -3.62. The number of carbonyl (C=O) groups excluding carboxylic acids is 1. The molecule has 168 valence electrons. The molecule has 1 unspecified atom stereocenters. The van der Waals surface area contributed by atoms with E-state index in [1.54, 1.807) is 10.9 Å². The van der Waals surface area contributed by atoms with Crippen LogP contribution in [0.5, 0.6) is 0 Å². The number of aromatic nitrogens is 4. The van der Waals surface area contributed by atoms with Gasteiger partial charge in [0, 0.05) is 54.9 Å². The highest BCUT2D eigenvalue weighted by molar-refractivity contribution is 5.94. The lowest BCUT2D eigenvalue weighted by molar-refractivity contribution is -0.119. The average molecular weight is 443 g/mol. The molecule has 1 aliphatic rings. The third-order valence-electron chi connectivity index (χ3n) is 5.75. The molecule has 8 heteroatoms. The van der Waals surface area contributed by atoms with Crippen LogP contribution < -0.4 is 5.32 Å². The molecule has 1 atom stereocenters. The molecule has 1 saturated heterocycles. The van der Waals surface area contributed by atoms with Crippen molar-refractivity contribution in [3.05, 3.63) is 72.4 Å². The van der Waals surface area contributed by atoms with Crippen LogP contribution in [0, 0.1) is 6.92 Å². The molecule has 0 saturated carbocycles. The quantitative estimate of drug-likeness (QED) is 0.510. The minimum absolute atomic E-state index is 0.0489. The molecule has 33 heavy (non-hydrogen) atoms. The highest BCUT2D eigenvalue weighted by Crippen LogP contribution is 2.27. The molecular weight excluding hydrogens is 416 g/mol. The molecule has 0 radical (unpaired) electrons. The molecule has 1 aromatic carbocycles. The molecule has 1 aliphatic heterocycles. The molecule has 3 aromatic heterocycles. The van der Waals surface area contributed by atoms with Crippen molar-refractivity contribution in [3.63, 3.8) is 0 Å². The summed E-state index contributed by atoms with van der Waals surface area (Å²) in [7, 11) is 1.90. The smallest absolute Gasteiger partial charge is 0.238 e. The lowest BCUT2D eigenvalue weighted by Crippen LogP contribution is -2.42. The first-order valence-corrected chi connectivity index (χ1v) is 11.0.